The van der Waals surface area contributed by atoms with E-state index in [9.17, 15) is 18.0 Å². The first kappa shape index (κ1) is 25.0. The molecule has 37 heavy (non-hydrogen) atoms. The number of nitrogens with one attached hydrogen (secondary N) is 1. The van der Waals surface area contributed by atoms with Crippen LogP contribution in [0.3, 0.4) is 0 Å². The topological polar surface area (TPSA) is 68.5 Å². The average Bonchev–Trinajstić information content (AvgIpc) is 3.40. The molecule has 5 rings (SSSR count). The zero-order valence-electron chi connectivity index (χ0n) is 20.3. The summed E-state index contributed by atoms with van der Waals surface area (Å²) >= 11 is 0. The molecule has 3 aromatic rings. The molecule has 2 atom stereocenters. The summed E-state index contributed by atoms with van der Waals surface area (Å²) in [5.41, 5.74) is 2.27. The average molecular weight is 509 g/mol. The van der Waals surface area contributed by atoms with Gasteiger partial charge in [-0.05, 0) is 73.1 Å². The summed E-state index contributed by atoms with van der Waals surface area (Å²) in [6.07, 6.45) is 7.33. The molecule has 2 aliphatic rings. The van der Waals surface area contributed by atoms with Crippen molar-refractivity contribution >= 4 is 17.8 Å². The highest BCUT2D eigenvalue weighted by Gasteiger charge is 2.32. The van der Waals surface area contributed by atoms with Crippen molar-refractivity contribution in [1.82, 2.24) is 9.78 Å². The predicted molar refractivity (Wildman–Crippen MR) is 135 cm³/mol. The number of anilines is 1. The second-order valence-electron chi connectivity index (χ2n) is 9.44. The minimum atomic E-state index is -4.52. The van der Waals surface area contributed by atoms with E-state index in [1.165, 1.54) is 12.1 Å². The lowest BCUT2D eigenvalue weighted by atomic mass is 9.75. The predicted octanol–water partition coefficient (Wildman–Crippen LogP) is 6.18. The Morgan fingerprint density at radius 2 is 1.95 bits per heavy atom. The van der Waals surface area contributed by atoms with Gasteiger partial charge >= 0.3 is 6.18 Å². The van der Waals surface area contributed by atoms with E-state index in [-0.39, 0.29) is 11.5 Å². The molecule has 1 fully saturated rings. The molecular weight excluding hydrogens is 481 g/mol. The van der Waals surface area contributed by atoms with Crippen LogP contribution in [0.25, 0.3) is 5.69 Å². The van der Waals surface area contributed by atoms with Crippen molar-refractivity contribution in [2.75, 3.05) is 18.5 Å². The lowest BCUT2D eigenvalue weighted by Crippen LogP contribution is -2.28. The lowest BCUT2D eigenvalue weighted by Gasteiger charge is -2.33. The fraction of sp³-hybridized carbons (Fsp3) is 0.321. The van der Waals surface area contributed by atoms with E-state index in [1.807, 2.05) is 37.8 Å². The van der Waals surface area contributed by atoms with E-state index in [0.29, 0.717) is 17.5 Å². The number of benzene rings is 2. The molecular formula is C28H27F3N4O2. The summed E-state index contributed by atoms with van der Waals surface area (Å²) in [7, 11) is 0. The zero-order valence-corrected chi connectivity index (χ0v) is 20.3. The summed E-state index contributed by atoms with van der Waals surface area (Å²) in [6, 6.07) is 9.69. The van der Waals surface area contributed by atoms with E-state index in [4.69, 9.17) is 4.74 Å². The van der Waals surface area contributed by atoms with Crippen LogP contribution in [-0.4, -0.2) is 35.1 Å². The maximum absolute atomic E-state index is 13.1. The molecule has 0 spiro atoms. The smallest absolute Gasteiger partial charge is 0.381 e. The summed E-state index contributed by atoms with van der Waals surface area (Å²) in [4.78, 5) is 17.1. The van der Waals surface area contributed by atoms with Crippen LogP contribution < -0.4 is 5.32 Å². The van der Waals surface area contributed by atoms with Crippen LogP contribution >= 0.6 is 0 Å². The SMILES string of the molecule is Cc1ccc(NC(=O)c2cccc(C(F)(F)F)c2)cc1-n1cc(C2C=NC=CC2C2CCOCC2)cn1. The molecule has 0 aliphatic carbocycles. The second kappa shape index (κ2) is 10.3. The number of amides is 1. The third-order valence-corrected chi connectivity index (χ3v) is 7.02. The maximum Gasteiger partial charge on any atom is 0.416 e. The van der Waals surface area contributed by atoms with Gasteiger partial charge in [-0.3, -0.25) is 9.79 Å². The molecule has 192 valence electrons. The van der Waals surface area contributed by atoms with E-state index >= 15 is 0 Å². The Labute approximate surface area is 212 Å². The number of aliphatic imine (C=N–C) groups is 1. The first-order valence-electron chi connectivity index (χ1n) is 12.2. The lowest BCUT2D eigenvalue weighted by molar-refractivity contribution is -0.137. The Balaban J connectivity index is 1.36. The van der Waals surface area contributed by atoms with E-state index in [1.54, 1.807) is 16.8 Å². The Bertz CT molecular complexity index is 1340. The van der Waals surface area contributed by atoms with Gasteiger partial charge in [0, 0.05) is 49.0 Å². The molecule has 2 aromatic carbocycles. The molecule has 0 bridgehead atoms. The van der Waals surface area contributed by atoms with Gasteiger partial charge in [-0.15, -0.1) is 0 Å². The van der Waals surface area contributed by atoms with Gasteiger partial charge in [0.15, 0.2) is 0 Å². The minimum Gasteiger partial charge on any atom is -0.381 e. The van der Waals surface area contributed by atoms with E-state index < -0.39 is 17.6 Å². The molecule has 0 saturated carbocycles. The van der Waals surface area contributed by atoms with Gasteiger partial charge in [0.2, 0.25) is 0 Å². The van der Waals surface area contributed by atoms with Crippen LogP contribution in [0.5, 0.6) is 0 Å². The van der Waals surface area contributed by atoms with Gasteiger partial charge in [0.05, 0.1) is 17.4 Å². The van der Waals surface area contributed by atoms with Gasteiger partial charge in [0.25, 0.3) is 5.91 Å². The summed E-state index contributed by atoms with van der Waals surface area (Å²) in [6.45, 7) is 3.48. The molecule has 9 heteroatoms. The van der Waals surface area contributed by atoms with Crippen LogP contribution in [-0.2, 0) is 10.9 Å². The molecule has 1 saturated heterocycles. The van der Waals surface area contributed by atoms with Crippen molar-refractivity contribution in [3.63, 3.8) is 0 Å². The quantitative estimate of drug-likeness (QED) is 0.448. The highest BCUT2D eigenvalue weighted by Crippen LogP contribution is 2.37. The minimum absolute atomic E-state index is 0.0675. The highest BCUT2D eigenvalue weighted by molar-refractivity contribution is 6.04. The molecule has 1 amide bonds. The highest BCUT2D eigenvalue weighted by atomic mass is 19.4. The van der Waals surface area contributed by atoms with E-state index in [2.05, 4.69) is 21.5 Å². The number of allylic oxidation sites excluding steroid dienone is 1. The Hall–Kier alpha value is -3.72. The summed E-state index contributed by atoms with van der Waals surface area (Å²) in [5.74, 6) is 0.317. The van der Waals surface area contributed by atoms with Crippen LogP contribution in [0.2, 0.25) is 0 Å². The van der Waals surface area contributed by atoms with Crippen molar-refractivity contribution in [3.8, 4) is 5.69 Å². The number of hydrogen-bond acceptors (Lipinski definition) is 4. The largest absolute Gasteiger partial charge is 0.416 e. The number of rotatable bonds is 5. The van der Waals surface area contributed by atoms with Crippen molar-refractivity contribution < 1.29 is 22.7 Å². The molecule has 2 aliphatic heterocycles. The molecule has 3 heterocycles. The fourth-order valence-electron chi connectivity index (χ4n) is 4.98. The molecule has 1 aromatic heterocycles. The Kier molecular flexibility index (Phi) is 6.97. The van der Waals surface area contributed by atoms with Gasteiger partial charge in [0.1, 0.15) is 0 Å². The van der Waals surface area contributed by atoms with Crippen molar-refractivity contribution in [3.05, 3.63) is 89.4 Å². The number of carbonyl (C=O) groups excluding carboxylic acids is 1. The van der Waals surface area contributed by atoms with Crippen molar-refractivity contribution in [2.45, 2.75) is 31.9 Å². The molecule has 0 radical (unpaired) electrons. The summed E-state index contributed by atoms with van der Waals surface area (Å²) < 4.78 is 46.5. The maximum atomic E-state index is 13.1. The van der Waals surface area contributed by atoms with Crippen LogP contribution in [0.15, 0.2) is 72.1 Å². The first-order valence-corrected chi connectivity index (χ1v) is 12.2. The Morgan fingerprint density at radius 3 is 2.73 bits per heavy atom. The van der Waals surface area contributed by atoms with Gasteiger partial charge < -0.3 is 10.1 Å². The number of hydrogen-bond donors (Lipinski definition) is 1. The number of carbonyl (C=O) groups is 1. The van der Waals surface area contributed by atoms with Crippen molar-refractivity contribution in [1.29, 1.82) is 0 Å². The van der Waals surface area contributed by atoms with Crippen LogP contribution in [0.1, 0.15) is 45.8 Å². The fourth-order valence-corrected chi connectivity index (χ4v) is 4.98. The molecule has 2 unspecified atom stereocenters. The number of halogens is 3. The number of alkyl halides is 3. The van der Waals surface area contributed by atoms with Gasteiger partial charge in [-0.1, -0.05) is 18.2 Å². The zero-order chi connectivity index (χ0) is 26.0. The standard InChI is InChI=1S/C28H27F3N4O2/c1-18-5-6-23(34-27(36)20-3-2-4-22(13-20)28(29,30)31)14-26(18)35-17-21(15-33-35)25-16-32-10-7-24(25)19-8-11-37-12-9-19/h2-7,10,13-17,19,24-25H,8-9,11-12H2,1H3,(H,34,36). The van der Waals surface area contributed by atoms with Gasteiger partial charge in [-0.2, -0.15) is 18.3 Å². The third-order valence-electron chi connectivity index (χ3n) is 7.02. The van der Waals surface area contributed by atoms with Gasteiger partial charge in [-0.25, -0.2) is 4.68 Å². The monoisotopic (exact) mass is 508 g/mol. The normalized spacial score (nSPS) is 20.2. The molecule has 6 nitrogen and oxygen atoms in total. The first-order chi connectivity index (χ1) is 17.8. The second-order valence-corrected chi connectivity index (χ2v) is 9.44. The Morgan fingerprint density at radius 1 is 1.14 bits per heavy atom. The number of nitrogens with zero attached hydrogens (tertiary/aromatic N) is 3. The van der Waals surface area contributed by atoms with Crippen LogP contribution in [0, 0.1) is 18.8 Å². The summed E-state index contributed by atoms with van der Waals surface area (Å²) in [5, 5.41) is 7.29. The number of ether oxygens (including phenoxy) is 1. The van der Waals surface area contributed by atoms with E-state index in [0.717, 1.165) is 55.0 Å². The number of aromatic nitrogens is 2. The third kappa shape index (κ3) is 5.51. The number of aryl methyl sites for hydroxylation is 1. The molecule has 1 N–H and O–H groups in total. The van der Waals surface area contributed by atoms with Crippen molar-refractivity contribution in [2.24, 2.45) is 16.8 Å². The van der Waals surface area contributed by atoms with Crippen LogP contribution in [0.4, 0.5) is 18.9 Å².